The van der Waals surface area contributed by atoms with Crippen molar-refractivity contribution in [2.75, 3.05) is 16.4 Å². The van der Waals surface area contributed by atoms with Crippen molar-refractivity contribution >= 4 is 55.8 Å². The number of thioether (sulfide) groups is 1. The van der Waals surface area contributed by atoms with Crippen LogP contribution in [0.15, 0.2) is 27.0 Å². The van der Waals surface area contributed by atoms with Gasteiger partial charge in [-0.1, -0.05) is 39.0 Å². The smallest absolute Gasteiger partial charge is 0.234 e. The van der Waals surface area contributed by atoms with Crippen molar-refractivity contribution in [2.24, 2.45) is 0 Å². The predicted octanol–water partition coefficient (Wildman–Crippen LogP) is 4.16. The van der Waals surface area contributed by atoms with Gasteiger partial charge in [0.2, 0.25) is 11.0 Å². The quantitative estimate of drug-likeness (QED) is 0.712. The molecule has 8 heteroatoms. The zero-order valence-corrected chi connectivity index (χ0v) is 15.7. The van der Waals surface area contributed by atoms with Gasteiger partial charge < -0.3 is 10.6 Å². The minimum Gasteiger partial charge on any atom is -0.358 e. The van der Waals surface area contributed by atoms with Gasteiger partial charge >= 0.3 is 0 Å². The third-order valence-corrected chi connectivity index (χ3v) is 5.09. The first kappa shape index (κ1) is 17.2. The summed E-state index contributed by atoms with van der Waals surface area (Å²) < 4.78 is 1.78. The Balaban J connectivity index is 1.86. The van der Waals surface area contributed by atoms with Gasteiger partial charge in [0, 0.05) is 16.2 Å². The Labute approximate surface area is 146 Å². The van der Waals surface area contributed by atoms with Crippen LogP contribution in [0.25, 0.3) is 0 Å². The lowest BCUT2D eigenvalue weighted by Gasteiger charge is -2.08. The second-order valence-corrected chi connectivity index (χ2v) is 8.08. The molecule has 118 valence electrons. The molecule has 0 radical (unpaired) electrons. The van der Waals surface area contributed by atoms with Gasteiger partial charge in [-0.3, -0.25) is 4.79 Å². The number of benzene rings is 1. The molecule has 0 atom stereocenters. The molecule has 2 rings (SSSR count). The number of hydrogen-bond donors (Lipinski definition) is 2. The van der Waals surface area contributed by atoms with E-state index < -0.39 is 0 Å². The van der Waals surface area contributed by atoms with E-state index in [-0.39, 0.29) is 5.91 Å². The van der Waals surface area contributed by atoms with Gasteiger partial charge in [-0.05, 0) is 44.5 Å². The average molecular weight is 401 g/mol. The van der Waals surface area contributed by atoms with Crippen molar-refractivity contribution in [2.45, 2.75) is 31.2 Å². The van der Waals surface area contributed by atoms with Crippen molar-refractivity contribution < 1.29 is 4.79 Å². The molecule has 1 aromatic carbocycles. The highest BCUT2D eigenvalue weighted by atomic mass is 79.9. The van der Waals surface area contributed by atoms with Crippen LogP contribution in [0.4, 0.5) is 10.8 Å². The summed E-state index contributed by atoms with van der Waals surface area (Å²) in [6, 6.07) is 6.08. The van der Waals surface area contributed by atoms with Crippen LogP contribution >= 0.6 is 39.0 Å². The van der Waals surface area contributed by atoms with Crippen LogP contribution in [0, 0.1) is 6.92 Å². The number of halogens is 1. The Bertz CT molecular complexity index is 660. The Morgan fingerprint density at radius 2 is 2.18 bits per heavy atom. The summed E-state index contributed by atoms with van der Waals surface area (Å²) in [5.74, 6) is 0.259. The van der Waals surface area contributed by atoms with Gasteiger partial charge in [0.05, 0.1) is 5.75 Å². The molecule has 0 fully saturated rings. The molecule has 0 saturated carbocycles. The average Bonchev–Trinajstić information content (AvgIpc) is 2.86. The van der Waals surface area contributed by atoms with E-state index in [2.05, 4.69) is 36.8 Å². The molecule has 0 aliphatic carbocycles. The number of nitrogens with zero attached hydrogens (tertiary/aromatic N) is 2. The van der Waals surface area contributed by atoms with Gasteiger partial charge in [-0.25, -0.2) is 0 Å². The molecular weight excluding hydrogens is 384 g/mol. The van der Waals surface area contributed by atoms with E-state index in [1.54, 1.807) is 0 Å². The summed E-state index contributed by atoms with van der Waals surface area (Å²) in [7, 11) is 0. The summed E-state index contributed by atoms with van der Waals surface area (Å²) in [6.07, 6.45) is 0. The standard InChI is InChI=1S/C14H17BrN4OS2/c1-8(2)16-13-18-19-14(22-13)21-7-12(20)17-11-5-4-10(15)6-9(11)3/h4-6,8H,7H2,1-3H3,(H,16,18)(H,17,20). The van der Waals surface area contributed by atoms with Gasteiger partial charge in [0.15, 0.2) is 4.34 Å². The number of rotatable bonds is 6. The number of amides is 1. The summed E-state index contributed by atoms with van der Waals surface area (Å²) in [5.41, 5.74) is 1.85. The molecule has 1 heterocycles. The number of aromatic nitrogens is 2. The summed E-state index contributed by atoms with van der Waals surface area (Å²) in [5, 5.41) is 15.0. The zero-order chi connectivity index (χ0) is 16.1. The maximum absolute atomic E-state index is 12.0. The SMILES string of the molecule is Cc1cc(Br)ccc1NC(=O)CSc1nnc(NC(C)C)s1. The fraction of sp³-hybridized carbons (Fsp3) is 0.357. The second kappa shape index (κ2) is 7.94. The van der Waals surface area contributed by atoms with E-state index in [4.69, 9.17) is 0 Å². The molecule has 0 aliphatic heterocycles. The Hall–Kier alpha value is -1.12. The predicted molar refractivity (Wildman–Crippen MR) is 96.9 cm³/mol. The summed E-state index contributed by atoms with van der Waals surface area (Å²) in [6.45, 7) is 6.05. The van der Waals surface area contributed by atoms with Gasteiger partial charge in [-0.15, -0.1) is 10.2 Å². The van der Waals surface area contributed by atoms with Crippen molar-refractivity contribution in [1.82, 2.24) is 10.2 Å². The number of hydrogen-bond acceptors (Lipinski definition) is 6. The number of anilines is 2. The van der Waals surface area contributed by atoms with Crippen molar-refractivity contribution in [3.8, 4) is 0 Å². The second-order valence-electron chi connectivity index (χ2n) is 4.97. The van der Waals surface area contributed by atoms with Crippen molar-refractivity contribution in [1.29, 1.82) is 0 Å². The Morgan fingerprint density at radius 3 is 2.86 bits per heavy atom. The van der Waals surface area contributed by atoms with Gasteiger partial charge in [-0.2, -0.15) is 0 Å². The van der Waals surface area contributed by atoms with Crippen LogP contribution in [-0.2, 0) is 4.79 Å². The number of aryl methyl sites for hydroxylation is 1. The van der Waals surface area contributed by atoms with Crippen LogP contribution in [-0.4, -0.2) is 27.9 Å². The minimum absolute atomic E-state index is 0.0519. The molecule has 1 amide bonds. The van der Waals surface area contributed by atoms with Crippen LogP contribution in [0.2, 0.25) is 0 Å². The Kier molecular flexibility index (Phi) is 6.22. The molecule has 2 N–H and O–H groups in total. The van der Waals surface area contributed by atoms with E-state index >= 15 is 0 Å². The molecule has 1 aromatic heterocycles. The van der Waals surface area contributed by atoms with Crippen LogP contribution in [0.5, 0.6) is 0 Å². The highest BCUT2D eigenvalue weighted by Crippen LogP contribution is 2.26. The molecule has 0 unspecified atom stereocenters. The molecule has 0 aliphatic rings. The van der Waals surface area contributed by atoms with E-state index in [0.29, 0.717) is 11.8 Å². The van der Waals surface area contributed by atoms with Gasteiger partial charge in [0.25, 0.3) is 0 Å². The fourth-order valence-corrected chi connectivity index (χ4v) is 3.83. The normalized spacial score (nSPS) is 10.8. The third kappa shape index (κ3) is 5.26. The Morgan fingerprint density at radius 1 is 1.41 bits per heavy atom. The number of carbonyl (C=O) groups is 1. The molecule has 0 bridgehead atoms. The maximum Gasteiger partial charge on any atom is 0.234 e. The van der Waals surface area contributed by atoms with Crippen molar-refractivity contribution in [3.63, 3.8) is 0 Å². The number of carbonyl (C=O) groups excluding carboxylic acids is 1. The van der Waals surface area contributed by atoms with Gasteiger partial charge in [0.1, 0.15) is 0 Å². The summed E-state index contributed by atoms with van der Waals surface area (Å²) in [4.78, 5) is 12.0. The highest BCUT2D eigenvalue weighted by Gasteiger charge is 2.10. The molecule has 2 aromatic rings. The lowest BCUT2D eigenvalue weighted by molar-refractivity contribution is -0.113. The highest BCUT2D eigenvalue weighted by molar-refractivity contribution is 9.10. The van der Waals surface area contributed by atoms with E-state index in [1.165, 1.54) is 23.1 Å². The number of nitrogens with one attached hydrogen (secondary N) is 2. The first-order valence-electron chi connectivity index (χ1n) is 6.73. The first-order chi connectivity index (χ1) is 10.4. The van der Waals surface area contributed by atoms with Crippen molar-refractivity contribution in [3.05, 3.63) is 28.2 Å². The zero-order valence-electron chi connectivity index (χ0n) is 12.5. The molecular formula is C14H17BrN4OS2. The minimum atomic E-state index is -0.0519. The lowest BCUT2D eigenvalue weighted by Crippen LogP contribution is -2.14. The maximum atomic E-state index is 12.0. The van der Waals surface area contributed by atoms with Crippen LogP contribution in [0.1, 0.15) is 19.4 Å². The van der Waals surface area contributed by atoms with E-state index in [0.717, 1.165) is 25.2 Å². The largest absolute Gasteiger partial charge is 0.358 e. The van der Waals surface area contributed by atoms with Crippen LogP contribution < -0.4 is 10.6 Å². The van der Waals surface area contributed by atoms with E-state index in [1.807, 2.05) is 39.0 Å². The van der Waals surface area contributed by atoms with Crippen LogP contribution in [0.3, 0.4) is 0 Å². The molecule has 22 heavy (non-hydrogen) atoms. The first-order valence-corrected chi connectivity index (χ1v) is 9.32. The monoisotopic (exact) mass is 400 g/mol. The van der Waals surface area contributed by atoms with E-state index in [9.17, 15) is 4.79 Å². The molecule has 0 saturated heterocycles. The fourth-order valence-electron chi connectivity index (χ4n) is 1.65. The lowest BCUT2D eigenvalue weighted by atomic mass is 10.2. The molecule has 0 spiro atoms. The summed E-state index contributed by atoms with van der Waals surface area (Å²) >= 11 is 6.25. The third-order valence-electron chi connectivity index (χ3n) is 2.61. The topological polar surface area (TPSA) is 66.9 Å². The molecule has 5 nitrogen and oxygen atoms in total.